The Kier molecular flexibility index (Phi) is 2.53. The molecule has 0 unspecified atom stereocenters. The van der Waals surface area contributed by atoms with Crippen molar-refractivity contribution >= 4 is 15.9 Å². The second kappa shape index (κ2) is 4.03. The van der Waals surface area contributed by atoms with Crippen molar-refractivity contribution in [1.29, 1.82) is 0 Å². The number of halogens is 1. The highest BCUT2D eigenvalue weighted by molar-refractivity contribution is 9.10. The monoisotopic (exact) mass is 278 g/mol. The lowest BCUT2D eigenvalue weighted by molar-refractivity contribution is 0.373. The van der Waals surface area contributed by atoms with E-state index in [1.807, 2.05) is 30.5 Å². The molecular formula is C12H11BrN2O. The second-order valence-corrected chi connectivity index (χ2v) is 4.76. The van der Waals surface area contributed by atoms with Crippen molar-refractivity contribution < 1.29 is 4.42 Å². The van der Waals surface area contributed by atoms with E-state index in [2.05, 4.69) is 26.2 Å². The molecule has 3 nitrogen and oxygen atoms in total. The van der Waals surface area contributed by atoms with Crippen LogP contribution in [0.25, 0.3) is 11.5 Å². The predicted molar refractivity (Wildman–Crippen MR) is 65.2 cm³/mol. The van der Waals surface area contributed by atoms with Gasteiger partial charge in [-0.3, -0.25) is 0 Å². The number of hydrogen-bond acceptors (Lipinski definition) is 3. The molecule has 1 saturated heterocycles. The maximum absolute atomic E-state index is 5.77. The van der Waals surface area contributed by atoms with Crippen molar-refractivity contribution in [2.75, 3.05) is 13.1 Å². The summed E-state index contributed by atoms with van der Waals surface area (Å²) in [6.07, 6.45) is 1.83. The van der Waals surface area contributed by atoms with Crippen LogP contribution >= 0.6 is 15.9 Å². The Morgan fingerprint density at radius 1 is 1.31 bits per heavy atom. The first-order chi connectivity index (χ1) is 7.84. The molecule has 0 bridgehead atoms. The van der Waals surface area contributed by atoms with Crippen molar-refractivity contribution in [3.8, 4) is 11.5 Å². The van der Waals surface area contributed by atoms with Crippen LogP contribution in [0.2, 0.25) is 0 Å². The highest BCUT2D eigenvalue weighted by Gasteiger charge is 2.23. The first-order valence-electron chi connectivity index (χ1n) is 5.26. The smallest absolute Gasteiger partial charge is 0.227 e. The molecule has 1 fully saturated rings. The van der Waals surface area contributed by atoms with Gasteiger partial charge in [0.25, 0.3) is 0 Å². The predicted octanol–water partition coefficient (Wildman–Crippen LogP) is 2.79. The summed E-state index contributed by atoms with van der Waals surface area (Å²) in [7, 11) is 0. The Hall–Kier alpha value is -1.13. The summed E-state index contributed by atoms with van der Waals surface area (Å²) < 4.78 is 6.78. The van der Waals surface area contributed by atoms with Gasteiger partial charge >= 0.3 is 0 Å². The van der Waals surface area contributed by atoms with Gasteiger partial charge in [0.2, 0.25) is 5.89 Å². The van der Waals surface area contributed by atoms with E-state index >= 15 is 0 Å². The summed E-state index contributed by atoms with van der Waals surface area (Å²) >= 11 is 3.50. The van der Waals surface area contributed by atoms with Crippen LogP contribution in [0.15, 0.2) is 39.4 Å². The van der Waals surface area contributed by atoms with Crippen molar-refractivity contribution in [3.63, 3.8) is 0 Å². The largest absolute Gasteiger partial charge is 0.441 e. The highest BCUT2D eigenvalue weighted by atomic mass is 79.9. The SMILES string of the molecule is Brc1ccccc1-c1ncc(C2CNC2)o1. The molecule has 2 aromatic rings. The van der Waals surface area contributed by atoms with Crippen LogP contribution in [0.5, 0.6) is 0 Å². The van der Waals surface area contributed by atoms with E-state index in [0.29, 0.717) is 11.8 Å². The third kappa shape index (κ3) is 1.68. The zero-order chi connectivity index (χ0) is 11.0. The molecule has 1 N–H and O–H groups in total. The second-order valence-electron chi connectivity index (χ2n) is 3.90. The van der Waals surface area contributed by atoms with E-state index in [9.17, 15) is 0 Å². The fourth-order valence-electron chi connectivity index (χ4n) is 1.72. The van der Waals surface area contributed by atoms with Gasteiger partial charge in [-0.15, -0.1) is 0 Å². The van der Waals surface area contributed by atoms with Crippen LogP contribution < -0.4 is 5.32 Å². The van der Waals surface area contributed by atoms with Gasteiger partial charge in [-0.25, -0.2) is 4.98 Å². The first kappa shape index (κ1) is 10.1. The van der Waals surface area contributed by atoms with Gasteiger partial charge in [-0.1, -0.05) is 12.1 Å². The number of aromatic nitrogens is 1. The Morgan fingerprint density at radius 3 is 2.81 bits per heavy atom. The third-order valence-electron chi connectivity index (χ3n) is 2.81. The first-order valence-corrected chi connectivity index (χ1v) is 6.05. The molecule has 0 amide bonds. The van der Waals surface area contributed by atoms with E-state index < -0.39 is 0 Å². The molecule has 0 atom stereocenters. The normalized spacial score (nSPS) is 16.1. The van der Waals surface area contributed by atoms with Gasteiger partial charge in [0.15, 0.2) is 0 Å². The lowest BCUT2D eigenvalue weighted by Gasteiger charge is -2.24. The molecule has 1 aromatic heterocycles. The highest BCUT2D eigenvalue weighted by Crippen LogP contribution is 2.30. The molecule has 0 spiro atoms. The lowest BCUT2D eigenvalue weighted by Crippen LogP contribution is -2.39. The summed E-state index contributed by atoms with van der Waals surface area (Å²) in [6, 6.07) is 7.95. The molecule has 16 heavy (non-hydrogen) atoms. The number of nitrogens with zero attached hydrogens (tertiary/aromatic N) is 1. The third-order valence-corrected chi connectivity index (χ3v) is 3.50. The zero-order valence-corrected chi connectivity index (χ0v) is 10.2. The molecule has 0 radical (unpaired) electrons. The van der Waals surface area contributed by atoms with E-state index in [1.165, 1.54) is 0 Å². The minimum Gasteiger partial charge on any atom is -0.441 e. The number of rotatable bonds is 2. The average molecular weight is 279 g/mol. The number of oxazole rings is 1. The Balaban J connectivity index is 1.95. The number of benzene rings is 1. The van der Waals surface area contributed by atoms with Crippen molar-refractivity contribution in [2.24, 2.45) is 0 Å². The van der Waals surface area contributed by atoms with Crippen molar-refractivity contribution in [2.45, 2.75) is 5.92 Å². The molecule has 2 heterocycles. The fourth-order valence-corrected chi connectivity index (χ4v) is 2.18. The Bertz CT molecular complexity index is 505. The van der Waals surface area contributed by atoms with Crippen LogP contribution in [-0.2, 0) is 0 Å². The van der Waals surface area contributed by atoms with Gasteiger partial charge in [0.1, 0.15) is 5.76 Å². The summed E-state index contributed by atoms with van der Waals surface area (Å²) in [4.78, 5) is 4.33. The minimum absolute atomic E-state index is 0.490. The van der Waals surface area contributed by atoms with Gasteiger partial charge in [-0.05, 0) is 28.1 Å². The maximum Gasteiger partial charge on any atom is 0.227 e. The van der Waals surface area contributed by atoms with Crippen LogP contribution in [0.4, 0.5) is 0 Å². The zero-order valence-electron chi connectivity index (χ0n) is 8.61. The molecule has 1 aliphatic rings. The number of hydrogen-bond donors (Lipinski definition) is 1. The van der Waals surface area contributed by atoms with Gasteiger partial charge < -0.3 is 9.73 Å². The van der Waals surface area contributed by atoms with E-state index in [0.717, 1.165) is 28.9 Å². The average Bonchev–Trinajstić information content (AvgIpc) is 2.65. The molecule has 82 valence electrons. The molecule has 3 rings (SSSR count). The van der Waals surface area contributed by atoms with Crippen LogP contribution in [-0.4, -0.2) is 18.1 Å². The van der Waals surface area contributed by atoms with Crippen LogP contribution in [0.1, 0.15) is 11.7 Å². The molecule has 1 aliphatic heterocycles. The Morgan fingerprint density at radius 2 is 2.12 bits per heavy atom. The van der Waals surface area contributed by atoms with Gasteiger partial charge in [0.05, 0.1) is 11.8 Å². The summed E-state index contributed by atoms with van der Waals surface area (Å²) in [5, 5.41) is 3.22. The molecule has 4 heteroatoms. The lowest BCUT2D eigenvalue weighted by atomic mass is 10.0. The number of nitrogens with one attached hydrogen (secondary N) is 1. The molecule has 0 saturated carbocycles. The topological polar surface area (TPSA) is 38.1 Å². The van der Waals surface area contributed by atoms with Crippen LogP contribution in [0, 0.1) is 0 Å². The van der Waals surface area contributed by atoms with Gasteiger partial charge in [-0.2, -0.15) is 0 Å². The molecule has 1 aromatic carbocycles. The quantitative estimate of drug-likeness (QED) is 0.918. The van der Waals surface area contributed by atoms with Gasteiger partial charge in [0, 0.05) is 23.5 Å². The minimum atomic E-state index is 0.490. The summed E-state index contributed by atoms with van der Waals surface area (Å²) in [6.45, 7) is 1.98. The van der Waals surface area contributed by atoms with Crippen molar-refractivity contribution in [3.05, 3.63) is 40.7 Å². The Labute approximate surface area is 102 Å². The summed E-state index contributed by atoms with van der Waals surface area (Å²) in [5.74, 6) is 2.16. The van der Waals surface area contributed by atoms with E-state index in [-0.39, 0.29) is 0 Å². The fraction of sp³-hybridized carbons (Fsp3) is 0.250. The van der Waals surface area contributed by atoms with Crippen molar-refractivity contribution in [1.82, 2.24) is 10.3 Å². The molecular weight excluding hydrogens is 268 g/mol. The standard InChI is InChI=1S/C12H11BrN2O/c13-10-4-2-1-3-9(10)12-15-7-11(16-12)8-5-14-6-8/h1-4,7-8,14H,5-6H2. The maximum atomic E-state index is 5.77. The molecule has 0 aliphatic carbocycles. The van der Waals surface area contributed by atoms with Crippen LogP contribution in [0.3, 0.4) is 0 Å². The van der Waals surface area contributed by atoms with E-state index in [4.69, 9.17) is 4.42 Å². The summed E-state index contributed by atoms with van der Waals surface area (Å²) in [5.41, 5.74) is 1.00. The van der Waals surface area contributed by atoms with E-state index in [1.54, 1.807) is 0 Å².